The van der Waals surface area contributed by atoms with Crippen LogP contribution in [0.15, 0.2) is 30.3 Å². The fourth-order valence-corrected chi connectivity index (χ4v) is 3.34. The molecular weight excluding hydrogens is 327 g/mol. The highest BCUT2D eigenvalue weighted by molar-refractivity contribution is 7.17. The van der Waals surface area contributed by atoms with Crippen molar-refractivity contribution in [2.45, 2.75) is 13.0 Å². The molecule has 0 spiro atoms. The first-order valence-electron chi connectivity index (χ1n) is 6.46. The monoisotopic (exact) mass is 342 g/mol. The number of thiophene rings is 1. The molecule has 21 heavy (non-hydrogen) atoms. The van der Waals surface area contributed by atoms with Crippen molar-refractivity contribution in [3.63, 3.8) is 0 Å². The lowest BCUT2D eigenvalue weighted by atomic mass is 10.2. The highest BCUT2D eigenvalue weighted by Crippen LogP contribution is 2.32. The first-order valence-corrected chi connectivity index (χ1v) is 8.03. The Kier molecular flexibility index (Phi) is 5.27. The second-order valence-corrected chi connectivity index (χ2v) is 6.78. The van der Waals surface area contributed by atoms with Gasteiger partial charge < -0.3 is 10.6 Å². The average molecular weight is 343 g/mol. The summed E-state index contributed by atoms with van der Waals surface area (Å²) in [6.45, 7) is 2.35. The largest absolute Gasteiger partial charge is 0.337 e. The molecule has 1 unspecified atom stereocenters. The van der Waals surface area contributed by atoms with E-state index in [1.54, 1.807) is 18.0 Å². The van der Waals surface area contributed by atoms with E-state index in [9.17, 15) is 4.79 Å². The number of carbonyl (C=O) groups excluding carboxylic acids is 1. The van der Waals surface area contributed by atoms with Crippen LogP contribution in [-0.2, 0) is 0 Å². The van der Waals surface area contributed by atoms with Crippen LogP contribution in [0.5, 0.6) is 0 Å². The molecule has 0 saturated heterocycles. The zero-order chi connectivity index (χ0) is 15.6. The van der Waals surface area contributed by atoms with Crippen LogP contribution in [-0.4, -0.2) is 30.4 Å². The number of carbonyl (C=O) groups is 1. The van der Waals surface area contributed by atoms with Crippen LogP contribution in [0.1, 0.15) is 16.6 Å². The van der Waals surface area contributed by atoms with Gasteiger partial charge in [-0.1, -0.05) is 23.2 Å². The van der Waals surface area contributed by atoms with Gasteiger partial charge in [0.25, 0.3) is 5.91 Å². The second-order valence-electron chi connectivity index (χ2n) is 4.82. The van der Waals surface area contributed by atoms with Crippen LogP contribution in [0, 0.1) is 0 Å². The van der Waals surface area contributed by atoms with Crippen LogP contribution >= 0.6 is 34.5 Å². The van der Waals surface area contributed by atoms with Crippen molar-refractivity contribution in [3.05, 3.63) is 45.3 Å². The number of benzene rings is 1. The Bertz CT molecular complexity index is 637. The number of rotatable bonds is 4. The first kappa shape index (κ1) is 16.3. The maximum absolute atomic E-state index is 12.4. The first-order chi connectivity index (χ1) is 9.92. The molecule has 0 saturated carbocycles. The van der Waals surface area contributed by atoms with E-state index in [2.05, 4.69) is 0 Å². The molecule has 0 radical (unpaired) electrons. The smallest absolute Gasteiger partial charge is 0.263 e. The van der Waals surface area contributed by atoms with Crippen LogP contribution in [0.3, 0.4) is 0 Å². The van der Waals surface area contributed by atoms with Gasteiger partial charge in [-0.3, -0.25) is 4.79 Å². The molecule has 112 valence electrons. The van der Waals surface area contributed by atoms with E-state index < -0.39 is 0 Å². The van der Waals surface area contributed by atoms with Gasteiger partial charge in [0.1, 0.15) is 0 Å². The summed E-state index contributed by atoms with van der Waals surface area (Å²) in [7, 11) is 1.76. The molecule has 1 aromatic heterocycles. The molecule has 3 nitrogen and oxygen atoms in total. The van der Waals surface area contributed by atoms with Crippen molar-refractivity contribution in [2.24, 2.45) is 5.73 Å². The number of likely N-dealkylation sites (N-methyl/N-ethyl adjacent to an activating group) is 1. The average Bonchev–Trinajstić information content (AvgIpc) is 2.93. The molecule has 0 aliphatic heterocycles. The highest BCUT2D eigenvalue weighted by atomic mass is 35.5. The molecular formula is C15H16Cl2N2OS. The van der Waals surface area contributed by atoms with Gasteiger partial charge in [-0.2, -0.15) is 0 Å². The van der Waals surface area contributed by atoms with Gasteiger partial charge in [-0.05, 0) is 42.8 Å². The lowest BCUT2D eigenvalue weighted by Gasteiger charge is -2.22. The summed E-state index contributed by atoms with van der Waals surface area (Å²) in [6, 6.07) is 9.07. The maximum atomic E-state index is 12.4. The molecule has 0 bridgehead atoms. The third-order valence-electron chi connectivity index (χ3n) is 3.29. The fraction of sp³-hybridized carbons (Fsp3) is 0.267. The Balaban J connectivity index is 2.27. The van der Waals surface area contributed by atoms with Crippen molar-refractivity contribution < 1.29 is 4.79 Å². The van der Waals surface area contributed by atoms with Gasteiger partial charge in [0.05, 0.1) is 4.88 Å². The summed E-state index contributed by atoms with van der Waals surface area (Å²) < 4.78 is 0. The molecule has 0 aliphatic carbocycles. The standard InChI is InChI=1S/C15H16Cl2N2OS/c1-9(8-18)19(2)15(20)14-4-3-13(21-14)10-5-11(16)7-12(17)6-10/h3-7,9H,8,18H2,1-2H3. The van der Waals surface area contributed by atoms with Crippen LogP contribution in [0.25, 0.3) is 10.4 Å². The molecule has 0 fully saturated rings. The summed E-state index contributed by atoms with van der Waals surface area (Å²) in [5, 5.41) is 1.15. The quantitative estimate of drug-likeness (QED) is 0.907. The number of hydrogen-bond acceptors (Lipinski definition) is 3. The zero-order valence-electron chi connectivity index (χ0n) is 11.8. The summed E-state index contributed by atoms with van der Waals surface area (Å²) in [6.07, 6.45) is 0. The van der Waals surface area contributed by atoms with E-state index in [-0.39, 0.29) is 11.9 Å². The predicted molar refractivity (Wildman–Crippen MR) is 90.4 cm³/mol. The number of nitrogens with zero attached hydrogens (tertiary/aromatic N) is 1. The van der Waals surface area contributed by atoms with Crippen molar-refractivity contribution in [1.82, 2.24) is 4.90 Å². The third kappa shape index (κ3) is 3.77. The van der Waals surface area contributed by atoms with E-state index in [4.69, 9.17) is 28.9 Å². The van der Waals surface area contributed by atoms with E-state index in [1.807, 2.05) is 31.2 Å². The van der Waals surface area contributed by atoms with Gasteiger partial charge in [0.15, 0.2) is 0 Å². The van der Waals surface area contributed by atoms with Gasteiger partial charge in [-0.15, -0.1) is 11.3 Å². The lowest BCUT2D eigenvalue weighted by Crippen LogP contribution is -2.39. The molecule has 2 N–H and O–H groups in total. The SMILES string of the molecule is CC(CN)N(C)C(=O)c1ccc(-c2cc(Cl)cc(Cl)c2)s1. The number of nitrogens with two attached hydrogens (primary N) is 1. The maximum Gasteiger partial charge on any atom is 0.263 e. The molecule has 1 aromatic carbocycles. The van der Waals surface area contributed by atoms with E-state index in [1.165, 1.54) is 11.3 Å². The fourth-order valence-electron chi connectivity index (χ4n) is 1.84. The minimum atomic E-state index is -0.0303. The minimum absolute atomic E-state index is 0.00339. The van der Waals surface area contributed by atoms with Crippen molar-refractivity contribution >= 4 is 40.4 Å². The summed E-state index contributed by atoms with van der Waals surface area (Å²) in [5.41, 5.74) is 6.51. The molecule has 1 amide bonds. The predicted octanol–water partition coefficient (Wildman–Crippen LogP) is 4.14. The van der Waals surface area contributed by atoms with Gasteiger partial charge >= 0.3 is 0 Å². The normalized spacial score (nSPS) is 12.2. The molecule has 1 heterocycles. The van der Waals surface area contributed by atoms with Gasteiger partial charge in [0, 0.05) is 34.6 Å². The van der Waals surface area contributed by atoms with Crippen molar-refractivity contribution in [1.29, 1.82) is 0 Å². The topological polar surface area (TPSA) is 46.3 Å². The Morgan fingerprint density at radius 1 is 1.29 bits per heavy atom. The molecule has 2 aromatic rings. The molecule has 2 rings (SSSR count). The third-order valence-corrected chi connectivity index (χ3v) is 4.85. The summed E-state index contributed by atoms with van der Waals surface area (Å²) >= 11 is 13.4. The number of halogens is 2. The Morgan fingerprint density at radius 3 is 2.48 bits per heavy atom. The molecule has 6 heteroatoms. The summed E-state index contributed by atoms with van der Waals surface area (Å²) in [5.74, 6) is -0.0303. The second kappa shape index (κ2) is 6.79. The van der Waals surface area contributed by atoms with Crippen LogP contribution in [0.4, 0.5) is 0 Å². The van der Waals surface area contributed by atoms with Crippen LogP contribution < -0.4 is 5.73 Å². The van der Waals surface area contributed by atoms with Gasteiger partial charge in [0.2, 0.25) is 0 Å². The molecule has 1 atom stereocenters. The number of amides is 1. The van der Waals surface area contributed by atoms with E-state index in [0.717, 1.165) is 10.4 Å². The lowest BCUT2D eigenvalue weighted by molar-refractivity contribution is 0.0753. The van der Waals surface area contributed by atoms with E-state index in [0.29, 0.717) is 21.5 Å². The van der Waals surface area contributed by atoms with Crippen LogP contribution in [0.2, 0.25) is 10.0 Å². The highest BCUT2D eigenvalue weighted by Gasteiger charge is 2.18. The molecule has 0 aliphatic rings. The van der Waals surface area contributed by atoms with Gasteiger partial charge in [-0.25, -0.2) is 0 Å². The zero-order valence-corrected chi connectivity index (χ0v) is 14.1. The summed E-state index contributed by atoms with van der Waals surface area (Å²) in [4.78, 5) is 15.6. The Hall–Kier alpha value is -1.07. The minimum Gasteiger partial charge on any atom is -0.337 e. The van der Waals surface area contributed by atoms with Crippen molar-refractivity contribution in [2.75, 3.05) is 13.6 Å². The Labute approximate surface area is 138 Å². The Morgan fingerprint density at radius 2 is 1.90 bits per heavy atom. The van der Waals surface area contributed by atoms with Crippen molar-refractivity contribution in [3.8, 4) is 10.4 Å². The van der Waals surface area contributed by atoms with E-state index >= 15 is 0 Å². The number of hydrogen-bond donors (Lipinski definition) is 1.